The van der Waals surface area contributed by atoms with Crippen molar-refractivity contribution in [3.05, 3.63) is 79.4 Å². The zero-order valence-electron chi connectivity index (χ0n) is 17.8. The van der Waals surface area contributed by atoms with Crippen LogP contribution in [0.1, 0.15) is 12.8 Å². The van der Waals surface area contributed by atoms with Gasteiger partial charge in [0.15, 0.2) is 0 Å². The molecule has 7 heteroatoms. The van der Waals surface area contributed by atoms with Gasteiger partial charge in [-0.2, -0.15) is 5.10 Å². The van der Waals surface area contributed by atoms with Gasteiger partial charge in [0.1, 0.15) is 11.9 Å². The first-order valence-electron chi connectivity index (χ1n) is 10.7. The SMILES string of the molecule is Cn1nccc1-c1ccc(N2CCCC2C(=O)Nc2ccc(-c3cccnc3)cn2)cc1. The number of carbonyl (C=O) groups excluding carboxylic acids is 1. The van der Waals surface area contributed by atoms with Gasteiger partial charge in [0.25, 0.3) is 0 Å². The molecule has 4 heterocycles. The molecule has 7 nitrogen and oxygen atoms in total. The van der Waals surface area contributed by atoms with Crippen LogP contribution in [0.5, 0.6) is 0 Å². The Balaban J connectivity index is 1.28. The number of aryl methyl sites for hydroxylation is 1. The van der Waals surface area contributed by atoms with Gasteiger partial charge in [0.05, 0.1) is 5.69 Å². The van der Waals surface area contributed by atoms with E-state index < -0.39 is 0 Å². The van der Waals surface area contributed by atoms with Crippen molar-refractivity contribution in [1.82, 2.24) is 19.7 Å². The van der Waals surface area contributed by atoms with Crippen molar-refractivity contribution < 1.29 is 4.79 Å². The molecule has 1 atom stereocenters. The first-order valence-corrected chi connectivity index (χ1v) is 10.7. The van der Waals surface area contributed by atoms with Gasteiger partial charge in [0, 0.05) is 55.2 Å². The molecule has 0 radical (unpaired) electrons. The summed E-state index contributed by atoms with van der Waals surface area (Å²) in [4.78, 5) is 23.8. The first kappa shape index (κ1) is 19.9. The van der Waals surface area contributed by atoms with Crippen LogP contribution in [-0.4, -0.2) is 38.2 Å². The third-order valence-corrected chi connectivity index (χ3v) is 5.88. The van der Waals surface area contributed by atoms with Crippen LogP contribution in [0.4, 0.5) is 11.5 Å². The number of anilines is 2. The van der Waals surface area contributed by atoms with E-state index in [1.165, 1.54) is 0 Å². The summed E-state index contributed by atoms with van der Waals surface area (Å²) in [6, 6.07) is 17.8. The van der Waals surface area contributed by atoms with Crippen molar-refractivity contribution in [1.29, 1.82) is 0 Å². The fraction of sp³-hybridized carbons (Fsp3) is 0.200. The molecule has 1 unspecified atom stereocenters. The zero-order valence-corrected chi connectivity index (χ0v) is 17.8. The minimum Gasteiger partial charge on any atom is -0.360 e. The maximum atomic E-state index is 13.0. The zero-order chi connectivity index (χ0) is 21.9. The number of hydrogen-bond acceptors (Lipinski definition) is 5. The highest BCUT2D eigenvalue weighted by molar-refractivity contribution is 5.96. The summed E-state index contributed by atoms with van der Waals surface area (Å²) in [6.07, 6.45) is 8.90. The highest BCUT2D eigenvalue weighted by Crippen LogP contribution is 2.29. The summed E-state index contributed by atoms with van der Waals surface area (Å²) < 4.78 is 1.85. The molecule has 0 aliphatic carbocycles. The molecular weight excluding hydrogens is 400 g/mol. The molecule has 4 aromatic rings. The quantitative estimate of drug-likeness (QED) is 0.521. The Kier molecular flexibility index (Phi) is 5.37. The van der Waals surface area contributed by atoms with E-state index >= 15 is 0 Å². The number of amides is 1. The van der Waals surface area contributed by atoms with E-state index in [0.717, 1.165) is 47.5 Å². The molecule has 0 saturated carbocycles. The predicted molar refractivity (Wildman–Crippen MR) is 125 cm³/mol. The molecule has 0 spiro atoms. The minimum absolute atomic E-state index is 0.0279. The Hall–Kier alpha value is -4.00. The highest BCUT2D eigenvalue weighted by atomic mass is 16.2. The Morgan fingerprint density at radius 2 is 1.78 bits per heavy atom. The number of pyridine rings is 2. The second-order valence-electron chi connectivity index (χ2n) is 7.90. The lowest BCUT2D eigenvalue weighted by Crippen LogP contribution is -2.39. The van der Waals surface area contributed by atoms with Crippen LogP contribution < -0.4 is 10.2 Å². The van der Waals surface area contributed by atoms with Crippen molar-refractivity contribution in [2.24, 2.45) is 7.05 Å². The number of carbonyl (C=O) groups is 1. The molecule has 1 saturated heterocycles. The summed E-state index contributed by atoms with van der Waals surface area (Å²) in [5.41, 5.74) is 5.18. The molecule has 5 rings (SSSR count). The maximum absolute atomic E-state index is 13.0. The van der Waals surface area contributed by atoms with Gasteiger partial charge >= 0.3 is 0 Å². The van der Waals surface area contributed by atoms with E-state index in [0.29, 0.717) is 5.82 Å². The highest BCUT2D eigenvalue weighted by Gasteiger charge is 2.31. The topological polar surface area (TPSA) is 75.9 Å². The van der Waals surface area contributed by atoms with Crippen molar-refractivity contribution in [3.8, 4) is 22.4 Å². The van der Waals surface area contributed by atoms with Crippen molar-refractivity contribution >= 4 is 17.4 Å². The Bertz CT molecular complexity index is 1200. The minimum atomic E-state index is -0.211. The van der Waals surface area contributed by atoms with Crippen LogP contribution in [-0.2, 0) is 11.8 Å². The van der Waals surface area contributed by atoms with E-state index in [9.17, 15) is 4.79 Å². The molecule has 32 heavy (non-hydrogen) atoms. The fourth-order valence-electron chi connectivity index (χ4n) is 4.21. The van der Waals surface area contributed by atoms with E-state index in [1.54, 1.807) is 24.8 Å². The molecule has 1 amide bonds. The normalized spacial score (nSPS) is 15.7. The molecule has 1 aliphatic heterocycles. The van der Waals surface area contributed by atoms with E-state index in [-0.39, 0.29) is 11.9 Å². The van der Waals surface area contributed by atoms with E-state index in [2.05, 4.69) is 49.5 Å². The smallest absolute Gasteiger partial charge is 0.248 e. The van der Waals surface area contributed by atoms with Crippen LogP contribution >= 0.6 is 0 Å². The fourth-order valence-corrected chi connectivity index (χ4v) is 4.21. The van der Waals surface area contributed by atoms with Crippen molar-refractivity contribution in [2.75, 3.05) is 16.8 Å². The van der Waals surface area contributed by atoms with Gasteiger partial charge in [-0.3, -0.25) is 14.5 Å². The lowest BCUT2D eigenvalue weighted by molar-refractivity contribution is -0.117. The van der Waals surface area contributed by atoms with E-state index in [4.69, 9.17) is 0 Å². The van der Waals surface area contributed by atoms with Crippen LogP contribution in [0.3, 0.4) is 0 Å². The van der Waals surface area contributed by atoms with Crippen LogP contribution in [0.25, 0.3) is 22.4 Å². The summed E-state index contributed by atoms with van der Waals surface area (Å²) in [5.74, 6) is 0.529. The van der Waals surface area contributed by atoms with Gasteiger partial charge in [-0.25, -0.2) is 4.98 Å². The van der Waals surface area contributed by atoms with Gasteiger partial charge in [-0.1, -0.05) is 18.2 Å². The number of rotatable bonds is 5. The summed E-state index contributed by atoms with van der Waals surface area (Å²) in [7, 11) is 1.93. The number of hydrogen-bond donors (Lipinski definition) is 1. The molecule has 1 fully saturated rings. The third kappa shape index (κ3) is 3.97. The molecule has 1 aromatic carbocycles. The van der Waals surface area contributed by atoms with Gasteiger partial charge in [0.2, 0.25) is 5.91 Å². The van der Waals surface area contributed by atoms with Gasteiger partial charge in [-0.05, 0) is 54.8 Å². The van der Waals surface area contributed by atoms with Crippen molar-refractivity contribution in [3.63, 3.8) is 0 Å². The second-order valence-corrected chi connectivity index (χ2v) is 7.90. The second kappa shape index (κ2) is 8.63. The molecule has 1 N–H and O–H groups in total. The third-order valence-electron chi connectivity index (χ3n) is 5.88. The molecule has 0 bridgehead atoms. The predicted octanol–water partition coefficient (Wildman–Crippen LogP) is 4.15. The largest absolute Gasteiger partial charge is 0.360 e. The Morgan fingerprint density at radius 3 is 2.47 bits per heavy atom. The standard InChI is InChI=1S/C25H24N6O/c1-30-22(12-14-28-30)18-6-9-21(10-7-18)31-15-3-5-23(31)25(32)29-24-11-8-20(17-27-24)19-4-2-13-26-16-19/h2,4,6-14,16-17,23H,3,5,15H2,1H3,(H,27,29,32). The monoisotopic (exact) mass is 424 g/mol. The van der Waals surface area contributed by atoms with Crippen LogP contribution in [0.15, 0.2) is 79.4 Å². The van der Waals surface area contributed by atoms with E-state index in [1.807, 2.05) is 42.1 Å². The van der Waals surface area contributed by atoms with Crippen LogP contribution in [0, 0.1) is 0 Å². The number of nitrogens with zero attached hydrogens (tertiary/aromatic N) is 5. The summed E-state index contributed by atoms with van der Waals surface area (Å²) in [6.45, 7) is 0.858. The number of aromatic nitrogens is 4. The average molecular weight is 425 g/mol. The lowest BCUT2D eigenvalue weighted by atomic mass is 10.1. The van der Waals surface area contributed by atoms with Crippen molar-refractivity contribution in [2.45, 2.75) is 18.9 Å². The Labute approximate surface area is 186 Å². The average Bonchev–Trinajstić information content (AvgIpc) is 3.50. The lowest BCUT2D eigenvalue weighted by Gasteiger charge is -2.26. The van der Waals surface area contributed by atoms with Gasteiger partial charge < -0.3 is 10.2 Å². The van der Waals surface area contributed by atoms with Gasteiger partial charge in [-0.15, -0.1) is 0 Å². The first-order chi connectivity index (χ1) is 15.7. The molecular formula is C25H24N6O. The maximum Gasteiger partial charge on any atom is 0.248 e. The number of nitrogens with one attached hydrogen (secondary N) is 1. The molecule has 160 valence electrons. The number of benzene rings is 1. The van der Waals surface area contributed by atoms with Crippen LogP contribution in [0.2, 0.25) is 0 Å². The molecule has 1 aliphatic rings. The Morgan fingerprint density at radius 1 is 0.969 bits per heavy atom. The summed E-state index contributed by atoms with van der Waals surface area (Å²) in [5, 5.41) is 7.22. The summed E-state index contributed by atoms with van der Waals surface area (Å²) >= 11 is 0. The molecule has 3 aromatic heterocycles.